The molecule has 0 bridgehead atoms. The van der Waals surface area contributed by atoms with Crippen molar-refractivity contribution in [3.05, 3.63) is 59.7 Å². The average Bonchev–Trinajstić information content (AvgIpc) is 2.90. The quantitative estimate of drug-likeness (QED) is 0.453. The van der Waals surface area contributed by atoms with E-state index in [1.165, 1.54) is 11.0 Å². The molecule has 5 heteroatoms. The van der Waals surface area contributed by atoms with E-state index in [1.807, 2.05) is 48.7 Å². The number of carbonyl (C=O) groups is 1. The molecule has 0 spiro atoms. The second-order valence-corrected chi connectivity index (χ2v) is 6.43. The van der Waals surface area contributed by atoms with Crippen molar-refractivity contribution in [2.75, 3.05) is 19.5 Å². The van der Waals surface area contributed by atoms with E-state index in [9.17, 15) is 4.79 Å². The van der Waals surface area contributed by atoms with Crippen molar-refractivity contribution in [1.29, 1.82) is 0 Å². The number of thioether (sulfide) groups is 1. The molecule has 2 aromatic carbocycles. The summed E-state index contributed by atoms with van der Waals surface area (Å²) in [5.74, 6) is 1.08. The zero-order valence-corrected chi connectivity index (χ0v) is 14.9. The molecule has 0 aromatic heterocycles. The van der Waals surface area contributed by atoms with Gasteiger partial charge in [0.25, 0.3) is 0 Å². The van der Waals surface area contributed by atoms with Gasteiger partial charge >= 0.3 is 5.97 Å². The van der Waals surface area contributed by atoms with E-state index in [0.29, 0.717) is 19.0 Å². The Bertz CT molecular complexity index is 753. The van der Waals surface area contributed by atoms with Gasteiger partial charge in [-0.15, -0.1) is 11.8 Å². The van der Waals surface area contributed by atoms with Crippen molar-refractivity contribution in [3.8, 4) is 11.5 Å². The molecule has 0 saturated carbocycles. The summed E-state index contributed by atoms with van der Waals surface area (Å²) < 4.78 is 16.5. The molecule has 25 heavy (non-hydrogen) atoms. The lowest BCUT2D eigenvalue weighted by Crippen LogP contribution is -2.00. The molecule has 0 unspecified atom stereocenters. The normalized spacial score (nSPS) is 13.5. The average molecular weight is 356 g/mol. The number of hydrogen-bond acceptors (Lipinski definition) is 5. The maximum Gasteiger partial charge on any atom is 0.331 e. The topological polar surface area (TPSA) is 44.8 Å². The summed E-state index contributed by atoms with van der Waals surface area (Å²) in [5.41, 5.74) is 1.83. The molecule has 1 aliphatic heterocycles. The summed E-state index contributed by atoms with van der Waals surface area (Å²) in [6.45, 7) is 1.56. The van der Waals surface area contributed by atoms with E-state index in [0.717, 1.165) is 23.3 Å². The first-order chi connectivity index (χ1) is 12.2. The predicted octanol–water partition coefficient (Wildman–Crippen LogP) is 4.33. The van der Waals surface area contributed by atoms with E-state index < -0.39 is 0 Å². The van der Waals surface area contributed by atoms with Crippen LogP contribution < -0.4 is 9.47 Å². The van der Waals surface area contributed by atoms with Crippen LogP contribution in [0.4, 0.5) is 0 Å². The Morgan fingerprint density at radius 2 is 1.88 bits per heavy atom. The summed E-state index contributed by atoms with van der Waals surface area (Å²) in [6, 6.07) is 13.6. The lowest BCUT2D eigenvalue weighted by atomic mass is 10.2. The Balaban J connectivity index is 1.55. The highest BCUT2D eigenvalue weighted by molar-refractivity contribution is 7.98. The minimum Gasteiger partial charge on any atom is -0.490 e. The molecule has 0 N–H and O–H groups in total. The number of benzene rings is 2. The first-order valence-electron chi connectivity index (χ1n) is 8.12. The Kier molecular flexibility index (Phi) is 6.01. The van der Waals surface area contributed by atoms with Gasteiger partial charge < -0.3 is 14.2 Å². The molecular weight excluding hydrogens is 336 g/mol. The van der Waals surface area contributed by atoms with Crippen LogP contribution in [0.5, 0.6) is 11.5 Å². The molecule has 1 heterocycles. The van der Waals surface area contributed by atoms with Gasteiger partial charge in [0.1, 0.15) is 6.61 Å². The lowest BCUT2D eigenvalue weighted by Gasteiger charge is -2.07. The SMILES string of the molecule is CSc1ccc(COC(=O)/C=C/c2ccc3c(c2)OCCCO3)cc1. The molecule has 3 rings (SSSR count). The number of fused-ring (bicyclic) bond motifs is 1. The summed E-state index contributed by atoms with van der Waals surface area (Å²) in [6.07, 6.45) is 6.03. The Hall–Kier alpha value is -2.40. The molecule has 0 saturated heterocycles. The molecule has 4 nitrogen and oxygen atoms in total. The Labute approximate surface area is 151 Å². The fourth-order valence-electron chi connectivity index (χ4n) is 2.37. The van der Waals surface area contributed by atoms with Crippen molar-refractivity contribution in [1.82, 2.24) is 0 Å². The highest BCUT2D eigenvalue weighted by atomic mass is 32.2. The van der Waals surface area contributed by atoms with E-state index in [1.54, 1.807) is 17.8 Å². The zero-order chi connectivity index (χ0) is 17.5. The number of ether oxygens (including phenoxy) is 3. The number of hydrogen-bond donors (Lipinski definition) is 0. The van der Waals surface area contributed by atoms with Crippen molar-refractivity contribution < 1.29 is 19.0 Å². The number of esters is 1. The van der Waals surface area contributed by atoms with Gasteiger partial charge in [0.15, 0.2) is 11.5 Å². The van der Waals surface area contributed by atoms with Crippen LogP contribution in [-0.2, 0) is 16.1 Å². The van der Waals surface area contributed by atoms with Gasteiger partial charge in [-0.3, -0.25) is 0 Å². The molecule has 2 aromatic rings. The monoisotopic (exact) mass is 356 g/mol. The highest BCUT2D eigenvalue weighted by Gasteiger charge is 2.09. The third-order valence-corrected chi connectivity index (χ3v) is 4.47. The fourth-order valence-corrected chi connectivity index (χ4v) is 2.78. The van der Waals surface area contributed by atoms with Crippen LogP contribution >= 0.6 is 11.8 Å². The van der Waals surface area contributed by atoms with E-state index in [-0.39, 0.29) is 12.6 Å². The largest absolute Gasteiger partial charge is 0.490 e. The summed E-state index contributed by atoms with van der Waals surface area (Å²) in [4.78, 5) is 13.1. The van der Waals surface area contributed by atoms with Gasteiger partial charge in [0.05, 0.1) is 13.2 Å². The molecule has 0 fully saturated rings. The third-order valence-electron chi connectivity index (χ3n) is 3.72. The van der Waals surface area contributed by atoms with Crippen molar-refractivity contribution in [2.45, 2.75) is 17.9 Å². The van der Waals surface area contributed by atoms with Gasteiger partial charge in [-0.1, -0.05) is 18.2 Å². The van der Waals surface area contributed by atoms with Crippen molar-refractivity contribution in [3.63, 3.8) is 0 Å². The summed E-state index contributed by atoms with van der Waals surface area (Å²) in [5, 5.41) is 0. The first-order valence-corrected chi connectivity index (χ1v) is 9.34. The molecule has 1 aliphatic rings. The lowest BCUT2D eigenvalue weighted by molar-refractivity contribution is -0.138. The Morgan fingerprint density at radius 1 is 1.12 bits per heavy atom. The standard InChI is InChI=1S/C20H20O4S/c1-25-17-7-3-16(4-8-17)14-24-20(21)10-6-15-5-9-18-19(13-15)23-12-2-11-22-18/h3-10,13H,2,11-12,14H2,1H3/b10-6+. The van der Waals surface area contributed by atoms with Gasteiger partial charge in [-0.2, -0.15) is 0 Å². The van der Waals surface area contributed by atoms with Gasteiger partial charge in [0, 0.05) is 17.4 Å². The predicted molar refractivity (Wildman–Crippen MR) is 99.1 cm³/mol. The summed E-state index contributed by atoms with van der Waals surface area (Å²) >= 11 is 1.68. The van der Waals surface area contributed by atoms with Crippen LogP contribution in [0.25, 0.3) is 6.08 Å². The molecule has 0 aliphatic carbocycles. The zero-order valence-electron chi connectivity index (χ0n) is 14.1. The van der Waals surface area contributed by atoms with Crippen molar-refractivity contribution >= 4 is 23.8 Å². The maximum absolute atomic E-state index is 11.9. The third kappa shape index (κ3) is 5.03. The van der Waals surface area contributed by atoms with Crippen molar-refractivity contribution in [2.24, 2.45) is 0 Å². The van der Waals surface area contributed by atoms with Crippen LogP contribution in [0.1, 0.15) is 17.5 Å². The molecule has 130 valence electrons. The van der Waals surface area contributed by atoms with Gasteiger partial charge in [-0.05, 0) is 47.7 Å². The van der Waals surface area contributed by atoms with Crippen LogP contribution in [0, 0.1) is 0 Å². The molecular formula is C20H20O4S. The minimum absolute atomic E-state index is 0.263. The van der Waals surface area contributed by atoms with Gasteiger partial charge in [-0.25, -0.2) is 4.79 Å². The smallest absolute Gasteiger partial charge is 0.331 e. The second kappa shape index (κ2) is 8.62. The maximum atomic E-state index is 11.9. The van der Waals surface area contributed by atoms with E-state index in [2.05, 4.69) is 0 Å². The highest BCUT2D eigenvalue weighted by Crippen LogP contribution is 2.30. The molecule has 0 radical (unpaired) electrons. The molecule has 0 atom stereocenters. The van der Waals surface area contributed by atoms with Gasteiger partial charge in [0.2, 0.25) is 0 Å². The van der Waals surface area contributed by atoms with E-state index >= 15 is 0 Å². The van der Waals surface area contributed by atoms with E-state index in [4.69, 9.17) is 14.2 Å². The van der Waals surface area contributed by atoms with Crippen LogP contribution in [0.3, 0.4) is 0 Å². The first kappa shape index (κ1) is 17.4. The van der Waals surface area contributed by atoms with Crippen LogP contribution in [0.2, 0.25) is 0 Å². The van der Waals surface area contributed by atoms with Crippen LogP contribution in [0.15, 0.2) is 53.4 Å². The summed E-state index contributed by atoms with van der Waals surface area (Å²) in [7, 11) is 0. The molecule has 0 amide bonds. The van der Waals surface area contributed by atoms with Crippen LogP contribution in [-0.4, -0.2) is 25.4 Å². The minimum atomic E-state index is -0.374. The number of rotatable bonds is 5. The number of carbonyl (C=O) groups excluding carboxylic acids is 1. The fraction of sp³-hybridized carbons (Fsp3) is 0.250. The Morgan fingerprint density at radius 3 is 2.64 bits per heavy atom. The second-order valence-electron chi connectivity index (χ2n) is 5.55.